The van der Waals surface area contributed by atoms with Gasteiger partial charge in [0.2, 0.25) is 5.88 Å². The molecule has 3 aromatic rings. The SMILES string of the molecule is COc1ccc2nccc(N3CCN(C[C@@H]4CN(c5ccc(C)c(Br)c5)C(=O)O4)CC3)c2n1. The summed E-state index contributed by atoms with van der Waals surface area (Å²) in [6.45, 7) is 6.83. The highest BCUT2D eigenvalue weighted by molar-refractivity contribution is 9.10. The number of piperazine rings is 1. The van der Waals surface area contributed by atoms with E-state index in [0.29, 0.717) is 12.4 Å². The first kappa shape index (κ1) is 21.9. The number of carbonyl (C=O) groups excluding carboxylic acids is 1. The van der Waals surface area contributed by atoms with Crippen molar-refractivity contribution in [3.63, 3.8) is 0 Å². The van der Waals surface area contributed by atoms with Crippen LogP contribution in [-0.4, -0.2) is 73.4 Å². The summed E-state index contributed by atoms with van der Waals surface area (Å²) in [4.78, 5) is 27.9. The Morgan fingerprint density at radius 1 is 1.15 bits per heavy atom. The van der Waals surface area contributed by atoms with E-state index in [-0.39, 0.29) is 12.2 Å². The maximum Gasteiger partial charge on any atom is 0.414 e. The highest BCUT2D eigenvalue weighted by atomic mass is 79.9. The number of amides is 1. The number of ether oxygens (including phenoxy) is 2. The fraction of sp³-hybridized carbons (Fsp3) is 0.375. The van der Waals surface area contributed by atoms with Crippen LogP contribution >= 0.6 is 15.9 Å². The lowest BCUT2D eigenvalue weighted by Gasteiger charge is -2.36. The molecule has 0 bridgehead atoms. The third kappa shape index (κ3) is 4.47. The second-order valence-corrected chi connectivity index (χ2v) is 9.24. The summed E-state index contributed by atoms with van der Waals surface area (Å²) in [7, 11) is 1.62. The largest absolute Gasteiger partial charge is 0.481 e. The number of fused-ring (bicyclic) bond motifs is 1. The highest BCUT2D eigenvalue weighted by Gasteiger charge is 2.34. The molecule has 1 amide bonds. The molecule has 2 aliphatic heterocycles. The van der Waals surface area contributed by atoms with E-state index in [1.165, 1.54) is 0 Å². The lowest BCUT2D eigenvalue weighted by atomic mass is 10.2. The van der Waals surface area contributed by atoms with Crippen LogP contribution in [0.1, 0.15) is 5.56 Å². The third-order valence-corrected chi connectivity index (χ3v) is 7.12. The molecule has 2 aromatic heterocycles. The minimum Gasteiger partial charge on any atom is -0.481 e. The van der Waals surface area contributed by atoms with E-state index in [2.05, 4.69) is 35.7 Å². The molecule has 33 heavy (non-hydrogen) atoms. The summed E-state index contributed by atoms with van der Waals surface area (Å²) in [6, 6.07) is 11.7. The summed E-state index contributed by atoms with van der Waals surface area (Å²) in [6.07, 6.45) is 1.41. The molecule has 0 N–H and O–H groups in total. The lowest BCUT2D eigenvalue weighted by molar-refractivity contribution is 0.106. The van der Waals surface area contributed by atoms with Gasteiger partial charge in [0, 0.05) is 55.1 Å². The number of pyridine rings is 2. The predicted octanol–water partition coefficient (Wildman–Crippen LogP) is 3.86. The number of aromatic nitrogens is 2. The van der Waals surface area contributed by atoms with Crippen LogP contribution in [0.3, 0.4) is 0 Å². The van der Waals surface area contributed by atoms with Gasteiger partial charge in [0.1, 0.15) is 11.6 Å². The Kier molecular flexibility index (Phi) is 6.07. The first-order valence-corrected chi connectivity index (χ1v) is 11.8. The Balaban J connectivity index is 1.21. The monoisotopic (exact) mass is 511 g/mol. The molecule has 0 unspecified atom stereocenters. The molecule has 172 valence electrons. The van der Waals surface area contributed by atoms with Crippen molar-refractivity contribution in [1.82, 2.24) is 14.9 Å². The number of rotatable bonds is 5. The van der Waals surface area contributed by atoms with Crippen LogP contribution in [0.4, 0.5) is 16.2 Å². The van der Waals surface area contributed by atoms with Crippen molar-refractivity contribution in [2.24, 2.45) is 0 Å². The van der Waals surface area contributed by atoms with Gasteiger partial charge in [0.25, 0.3) is 0 Å². The molecule has 1 aromatic carbocycles. The van der Waals surface area contributed by atoms with Gasteiger partial charge >= 0.3 is 6.09 Å². The van der Waals surface area contributed by atoms with Crippen LogP contribution in [0.15, 0.2) is 47.1 Å². The fourth-order valence-corrected chi connectivity index (χ4v) is 4.77. The van der Waals surface area contributed by atoms with Gasteiger partial charge < -0.3 is 14.4 Å². The number of cyclic esters (lactones) is 1. The van der Waals surface area contributed by atoms with Crippen molar-refractivity contribution in [1.29, 1.82) is 0 Å². The van der Waals surface area contributed by atoms with Gasteiger partial charge in [0.05, 0.1) is 24.9 Å². The fourth-order valence-electron chi connectivity index (χ4n) is 4.40. The molecular formula is C24H26BrN5O3. The zero-order chi connectivity index (χ0) is 22.9. The van der Waals surface area contributed by atoms with Gasteiger partial charge in [-0.05, 0) is 36.8 Å². The van der Waals surface area contributed by atoms with E-state index >= 15 is 0 Å². The molecule has 0 saturated carbocycles. The topological polar surface area (TPSA) is 71.0 Å². The molecule has 0 radical (unpaired) electrons. The zero-order valence-corrected chi connectivity index (χ0v) is 20.3. The molecule has 2 aliphatic rings. The van der Waals surface area contributed by atoms with Crippen molar-refractivity contribution >= 4 is 44.4 Å². The van der Waals surface area contributed by atoms with Crippen LogP contribution < -0.4 is 14.5 Å². The van der Waals surface area contributed by atoms with Gasteiger partial charge in [0.15, 0.2) is 0 Å². The number of hydrogen-bond acceptors (Lipinski definition) is 7. The first-order chi connectivity index (χ1) is 16.0. The van der Waals surface area contributed by atoms with Gasteiger partial charge in [-0.25, -0.2) is 9.78 Å². The predicted molar refractivity (Wildman–Crippen MR) is 131 cm³/mol. The number of aryl methyl sites for hydroxylation is 1. The highest BCUT2D eigenvalue weighted by Crippen LogP contribution is 2.29. The summed E-state index contributed by atoms with van der Waals surface area (Å²) < 4.78 is 12.0. The Labute approximate surface area is 201 Å². The van der Waals surface area contributed by atoms with Crippen molar-refractivity contribution in [3.8, 4) is 5.88 Å². The van der Waals surface area contributed by atoms with Gasteiger partial charge in [-0.3, -0.25) is 14.8 Å². The number of hydrogen-bond donors (Lipinski definition) is 0. The van der Waals surface area contributed by atoms with Crippen LogP contribution in [0.2, 0.25) is 0 Å². The smallest absolute Gasteiger partial charge is 0.414 e. The van der Waals surface area contributed by atoms with Gasteiger partial charge in [-0.1, -0.05) is 22.0 Å². The number of carbonyl (C=O) groups is 1. The average molecular weight is 512 g/mol. The van der Waals surface area contributed by atoms with Gasteiger partial charge in [-0.2, -0.15) is 0 Å². The molecular weight excluding hydrogens is 486 g/mol. The van der Waals surface area contributed by atoms with E-state index < -0.39 is 0 Å². The second-order valence-electron chi connectivity index (χ2n) is 8.39. The number of nitrogens with zero attached hydrogens (tertiary/aromatic N) is 5. The molecule has 9 heteroatoms. The molecule has 0 spiro atoms. The quantitative estimate of drug-likeness (QED) is 0.514. The molecule has 0 aliphatic carbocycles. The average Bonchev–Trinajstić information content (AvgIpc) is 3.20. The minimum absolute atomic E-state index is 0.142. The maximum atomic E-state index is 12.5. The Bertz CT molecular complexity index is 1180. The van der Waals surface area contributed by atoms with Crippen LogP contribution in [0, 0.1) is 6.92 Å². The van der Waals surface area contributed by atoms with E-state index in [1.807, 2.05) is 49.5 Å². The number of benzene rings is 1. The second kappa shape index (κ2) is 9.15. The number of anilines is 2. The Hall–Kier alpha value is -2.91. The first-order valence-electron chi connectivity index (χ1n) is 11.0. The summed E-state index contributed by atoms with van der Waals surface area (Å²) in [5.74, 6) is 0.587. The van der Waals surface area contributed by atoms with Crippen molar-refractivity contribution in [3.05, 3.63) is 52.6 Å². The summed E-state index contributed by atoms with van der Waals surface area (Å²) >= 11 is 3.55. The van der Waals surface area contributed by atoms with Crippen LogP contribution in [0.5, 0.6) is 5.88 Å². The molecule has 8 nitrogen and oxygen atoms in total. The third-order valence-electron chi connectivity index (χ3n) is 6.26. The van der Waals surface area contributed by atoms with E-state index in [4.69, 9.17) is 9.47 Å². The normalized spacial score (nSPS) is 19.2. The van der Waals surface area contributed by atoms with E-state index in [0.717, 1.165) is 65.2 Å². The standard InChI is InChI=1S/C24H26BrN5O3/c1-16-3-4-17(13-19(16)25)30-15-18(33-24(30)31)14-28-9-11-29(12-10-28)21-7-8-26-20-5-6-22(32-2)27-23(20)21/h3-8,13,18H,9-12,14-15H2,1-2H3/t18-/m1/s1. The number of methoxy groups -OCH3 is 1. The van der Waals surface area contributed by atoms with Crippen LogP contribution in [0.25, 0.3) is 11.0 Å². The molecule has 2 saturated heterocycles. The van der Waals surface area contributed by atoms with Crippen molar-refractivity contribution in [2.45, 2.75) is 13.0 Å². The molecule has 4 heterocycles. The minimum atomic E-state index is -0.280. The van der Waals surface area contributed by atoms with Crippen molar-refractivity contribution < 1.29 is 14.3 Å². The Morgan fingerprint density at radius 2 is 1.97 bits per heavy atom. The van der Waals surface area contributed by atoms with Crippen molar-refractivity contribution in [2.75, 3.05) is 56.2 Å². The lowest BCUT2D eigenvalue weighted by Crippen LogP contribution is -2.49. The Morgan fingerprint density at radius 3 is 2.73 bits per heavy atom. The molecule has 2 fully saturated rings. The maximum absolute atomic E-state index is 12.5. The van der Waals surface area contributed by atoms with Crippen LogP contribution in [-0.2, 0) is 4.74 Å². The summed E-state index contributed by atoms with van der Waals surface area (Å²) in [5, 5.41) is 0. The van der Waals surface area contributed by atoms with Gasteiger partial charge in [-0.15, -0.1) is 0 Å². The van der Waals surface area contributed by atoms with E-state index in [1.54, 1.807) is 12.0 Å². The molecule has 5 rings (SSSR count). The molecule has 1 atom stereocenters. The van der Waals surface area contributed by atoms with E-state index in [9.17, 15) is 4.79 Å². The summed E-state index contributed by atoms with van der Waals surface area (Å²) in [5.41, 5.74) is 4.78. The number of halogens is 1. The zero-order valence-electron chi connectivity index (χ0n) is 18.7.